The number of nitrogens with zero attached hydrogens (tertiary/aromatic N) is 6. The van der Waals surface area contributed by atoms with E-state index >= 15 is 4.39 Å². The number of pyridine rings is 1. The summed E-state index contributed by atoms with van der Waals surface area (Å²) in [6.07, 6.45) is -3.45. The fraction of sp³-hybridized carbons (Fsp3) is 0.611. The van der Waals surface area contributed by atoms with Gasteiger partial charge in [-0.2, -0.15) is 23.1 Å². The lowest BCUT2D eigenvalue weighted by atomic mass is 9.95. The average molecular weight is 783 g/mol. The Morgan fingerprint density at radius 1 is 1.09 bits per heavy atom. The zero-order chi connectivity index (χ0) is 38.3. The predicted molar refractivity (Wildman–Crippen MR) is 185 cm³/mol. The van der Waals surface area contributed by atoms with Crippen molar-refractivity contribution >= 4 is 34.4 Å². The highest BCUT2D eigenvalue weighted by Gasteiger charge is 2.53. The van der Waals surface area contributed by atoms with Gasteiger partial charge in [0.15, 0.2) is 12.6 Å². The maximum absolute atomic E-state index is 17.1. The Bertz CT molecular complexity index is 1990. The van der Waals surface area contributed by atoms with Crippen molar-refractivity contribution in [1.29, 1.82) is 0 Å². The minimum atomic E-state index is -5.03. The monoisotopic (exact) mass is 782 g/mol. The molecule has 4 saturated heterocycles. The van der Waals surface area contributed by atoms with Crippen LogP contribution in [0.15, 0.2) is 12.1 Å². The maximum Gasteiger partial charge on any atom is 0.418 e. The van der Waals surface area contributed by atoms with E-state index < -0.39 is 69.3 Å². The van der Waals surface area contributed by atoms with Gasteiger partial charge in [0.2, 0.25) is 5.88 Å². The molecule has 292 valence electrons. The first kappa shape index (κ1) is 37.0. The molecule has 0 N–H and O–H groups in total. The van der Waals surface area contributed by atoms with Crippen molar-refractivity contribution in [3.63, 3.8) is 0 Å². The third-order valence-corrected chi connectivity index (χ3v) is 11.3. The van der Waals surface area contributed by atoms with Crippen LogP contribution in [-0.2, 0) is 15.7 Å². The summed E-state index contributed by atoms with van der Waals surface area (Å²) in [7, 11) is 1.33. The minimum Gasteiger partial charge on any atom is -0.475 e. The highest BCUT2D eigenvalue weighted by molar-refractivity contribution is 6.32. The van der Waals surface area contributed by atoms with Gasteiger partial charge in [-0.05, 0) is 65.1 Å². The Morgan fingerprint density at radius 3 is 2.63 bits per heavy atom. The molecule has 0 aliphatic carbocycles. The molecule has 5 aliphatic heterocycles. The molecule has 3 aromatic rings. The van der Waals surface area contributed by atoms with Crippen LogP contribution in [0.25, 0.3) is 22.2 Å². The molecule has 4 fully saturated rings. The molecule has 0 radical (unpaired) electrons. The minimum absolute atomic E-state index is 0.0229. The molecule has 5 aliphatic rings. The van der Waals surface area contributed by atoms with Crippen LogP contribution in [0, 0.1) is 5.82 Å². The van der Waals surface area contributed by atoms with E-state index in [4.69, 9.17) is 40.3 Å². The van der Waals surface area contributed by atoms with Crippen molar-refractivity contribution in [3.05, 3.63) is 28.5 Å². The molecule has 2 bridgehead atoms. The Morgan fingerprint density at radius 2 is 1.89 bits per heavy atom. The normalized spacial score (nSPS) is 26.4. The number of hydrogen-bond acceptors (Lipinski definition) is 11. The van der Waals surface area contributed by atoms with Gasteiger partial charge in [0, 0.05) is 32.2 Å². The molecule has 1 aromatic carbocycles. The van der Waals surface area contributed by atoms with Crippen LogP contribution in [-0.4, -0.2) is 113 Å². The number of alkyl halides is 4. The average Bonchev–Trinajstić information content (AvgIpc) is 3.69. The SMILES string of the molecule is COCOc1cc(Cl)c(C(F)(F)F)c(-c2nc3c4c(nc(OC[C@@]56CCCN5C[C@@H](F)C6)nc4c2F)N2C[C@H]4CC[C@@H]([C@@H]2CO3)N4C(=O)OC(C)(C)C)c1. The van der Waals surface area contributed by atoms with Crippen LogP contribution in [0.3, 0.4) is 0 Å². The number of rotatable bonds is 7. The van der Waals surface area contributed by atoms with Gasteiger partial charge < -0.3 is 28.6 Å². The van der Waals surface area contributed by atoms with E-state index in [-0.39, 0.29) is 79.9 Å². The van der Waals surface area contributed by atoms with Crippen molar-refractivity contribution < 1.29 is 50.4 Å². The van der Waals surface area contributed by atoms with Gasteiger partial charge in [-0.3, -0.25) is 9.80 Å². The summed E-state index contributed by atoms with van der Waals surface area (Å²) >= 11 is 6.19. The summed E-state index contributed by atoms with van der Waals surface area (Å²) in [6.45, 7) is 6.24. The number of hydrogen-bond donors (Lipinski definition) is 0. The number of carbonyl (C=O) groups excluding carboxylic acids is 1. The van der Waals surface area contributed by atoms with Crippen LogP contribution in [0.2, 0.25) is 5.02 Å². The zero-order valence-electron chi connectivity index (χ0n) is 30.1. The lowest BCUT2D eigenvalue weighted by Crippen LogP contribution is -2.63. The molecule has 8 rings (SSSR count). The Balaban J connectivity index is 1.27. The Hall–Kier alpha value is -3.96. The fourth-order valence-corrected chi connectivity index (χ4v) is 9.14. The van der Waals surface area contributed by atoms with Gasteiger partial charge in [-0.15, -0.1) is 0 Å². The van der Waals surface area contributed by atoms with Crippen LogP contribution in [0.5, 0.6) is 17.6 Å². The molecule has 54 heavy (non-hydrogen) atoms. The van der Waals surface area contributed by atoms with Gasteiger partial charge in [-0.25, -0.2) is 18.6 Å². The maximum atomic E-state index is 17.1. The number of carbonyl (C=O) groups is 1. The van der Waals surface area contributed by atoms with E-state index in [1.54, 1.807) is 25.7 Å². The van der Waals surface area contributed by atoms with Crippen molar-refractivity contribution in [3.8, 4) is 28.9 Å². The second kappa shape index (κ2) is 13.4. The second-order valence-corrected chi connectivity index (χ2v) is 16.0. The third kappa shape index (κ3) is 6.38. The molecule has 1 amide bonds. The zero-order valence-corrected chi connectivity index (χ0v) is 30.9. The summed E-state index contributed by atoms with van der Waals surface area (Å²) in [5.74, 6) is -1.33. The number of ether oxygens (including phenoxy) is 5. The van der Waals surface area contributed by atoms with Crippen LogP contribution < -0.4 is 19.1 Å². The molecule has 0 unspecified atom stereocenters. The first-order chi connectivity index (χ1) is 25.6. The number of benzene rings is 1. The quantitative estimate of drug-likeness (QED) is 0.187. The summed E-state index contributed by atoms with van der Waals surface area (Å²) < 4.78 is 104. The van der Waals surface area contributed by atoms with Gasteiger partial charge in [0.05, 0.1) is 34.3 Å². The van der Waals surface area contributed by atoms with Crippen molar-refractivity contribution in [2.75, 3.05) is 51.7 Å². The molecule has 7 heterocycles. The largest absolute Gasteiger partial charge is 0.475 e. The lowest BCUT2D eigenvalue weighted by Gasteiger charge is -2.46. The molecule has 12 nitrogen and oxygen atoms in total. The third-order valence-electron chi connectivity index (χ3n) is 11.0. The molecule has 0 saturated carbocycles. The molecular formula is C36H40ClF5N6O6. The van der Waals surface area contributed by atoms with Crippen molar-refractivity contribution in [2.24, 2.45) is 0 Å². The Kier molecular flexibility index (Phi) is 9.15. The number of aromatic nitrogens is 3. The predicted octanol–water partition coefficient (Wildman–Crippen LogP) is 6.79. The molecule has 2 aromatic heterocycles. The van der Waals surface area contributed by atoms with E-state index in [1.807, 2.05) is 9.80 Å². The van der Waals surface area contributed by atoms with Crippen LogP contribution in [0.4, 0.5) is 32.6 Å². The number of halogens is 6. The van der Waals surface area contributed by atoms with Crippen LogP contribution >= 0.6 is 11.6 Å². The highest BCUT2D eigenvalue weighted by Crippen LogP contribution is 2.49. The smallest absolute Gasteiger partial charge is 0.418 e. The summed E-state index contributed by atoms with van der Waals surface area (Å²) in [5, 5.41) is -0.710. The molecule has 5 atom stereocenters. The number of fused-ring (bicyclic) bond motifs is 6. The first-order valence-electron chi connectivity index (χ1n) is 17.9. The van der Waals surface area contributed by atoms with Crippen molar-refractivity contribution in [1.82, 2.24) is 24.8 Å². The highest BCUT2D eigenvalue weighted by atomic mass is 35.5. The van der Waals surface area contributed by atoms with Crippen LogP contribution in [0.1, 0.15) is 58.4 Å². The number of anilines is 1. The summed E-state index contributed by atoms with van der Waals surface area (Å²) in [4.78, 5) is 32.8. The van der Waals surface area contributed by atoms with Gasteiger partial charge >= 0.3 is 18.3 Å². The first-order valence-corrected chi connectivity index (χ1v) is 18.3. The van der Waals surface area contributed by atoms with E-state index in [9.17, 15) is 22.4 Å². The molecule has 18 heteroatoms. The summed E-state index contributed by atoms with van der Waals surface area (Å²) in [6, 6.07) is 0.492. The number of amides is 1. The van der Waals surface area contributed by atoms with Gasteiger partial charge in [-0.1, -0.05) is 11.6 Å². The Labute approximate surface area is 312 Å². The van der Waals surface area contributed by atoms with E-state index in [2.05, 4.69) is 9.97 Å². The molecular weight excluding hydrogens is 743 g/mol. The van der Waals surface area contributed by atoms with E-state index in [0.29, 0.717) is 25.8 Å². The van der Waals surface area contributed by atoms with Gasteiger partial charge in [0.25, 0.3) is 0 Å². The van der Waals surface area contributed by atoms with Gasteiger partial charge in [0.1, 0.15) is 53.2 Å². The standard InChI is InChI=1S/C36H40ClF5N6O6/c1-34(2,3)54-33(49)48-19-6-7-23(48)24-15-51-31-25-29(27(39)28(43-31)21-10-20(53-17-50-4)11-22(37)26(21)36(40,41)42)44-32(45-30(25)47(24)14-19)52-16-35-8-5-9-46(35)13-18(38)12-35/h10-11,18-19,23-24H,5-9,12-17H2,1-4H3/t18-,19+,23-,24-,35-/m0/s1. The van der Waals surface area contributed by atoms with E-state index in [0.717, 1.165) is 18.6 Å². The number of methoxy groups -OCH3 is 1. The van der Waals surface area contributed by atoms with Crippen molar-refractivity contribution in [2.45, 2.75) is 94.5 Å². The summed E-state index contributed by atoms with van der Waals surface area (Å²) in [5.41, 5.74) is -4.51. The van der Waals surface area contributed by atoms with E-state index in [1.165, 1.54) is 7.11 Å². The molecule has 0 spiro atoms. The second-order valence-electron chi connectivity index (χ2n) is 15.6. The number of piperazine rings is 1. The lowest BCUT2D eigenvalue weighted by molar-refractivity contribution is -0.137. The fourth-order valence-electron chi connectivity index (χ4n) is 8.82. The topological polar surface area (TPSA) is 112 Å².